The quantitative estimate of drug-likeness (QED) is 0.141. The molecular weight excluding hydrogens is 1160 g/mol. The molecule has 0 unspecified atom stereocenters. The zero-order valence-electron chi connectivity index (χ0n) is 66.1. The fourth-order valence-electron chi connectivity index (χ4n) is 14.5. The Morgan fingerprint density at radius 1 is 0.292 bits per heavy atom. The van der Waals surface area contributed by atoms with E-state index in [0.717, 1.165) is 117 Å². The Morgan fingerprint density at radius 2 is 0.656 bits per heavy atom. The molecule has 4 heteroatoms. The molecule has 474 valence electrons. The van der Waals surface area contributed by atoms with Crippen LogP contribution in [0.1, 0.15) is 143 Å². The predicted octanol–water partition coefficient (Wildman–Crippen LogP) is 23.7. The highest BCUT2D eigenvalue weighted by atomic mass is 15.2. The van der Waals surface area contributed by atoms with Gasteiger partial charge in [-0.25, -0.2) is 0 Å². The van der Waals surface area contributed by atoms with E-state index in [0.29, 0.717) is 5.69 Å². The van der Waals surface area contributed by atoms with Gasteiger partial charge < -0.3 is 14.4 Å². The number of aromatic nitrogens is 1. The summed E-state index contributed by atoms with van der Waals surface area (Å²) in [5, 5.41) is 0.0410. The molecule has 96 heavy (non-hydrogen) atoms. The van der Waals surface area contributed by atoms with Crippen LogP contribution in [0.4, 0.5) is 34.1 Å². The molecule has 0 bridgehead atoms. The van der Waals surface area contributed by atoms with Gasteiger partial charge in [-0.05, 0) is 171 Å². The minimum absolute atomic E-state index is 0.0205. The van der Waals surface area contributed by atoms with E-state index < -0.39 is 36.3 Å². The zero-order chi connectivity index (χ0) is 73.9. The molecule has 0 saturated carbocycles. The summed E-state index contributed by atoms with van der Waals surface area (Å²) < 4.78 is 77.2. The number of anilines is 6. The van der Waals surface area contributed by atoms with Crippen LogP contribution >= 0.6 is 0 Å². The largest absolute Gasteiger partial charge is 0.310 e. The summed E-state index contributed by atoms with van der Waals surface area (Å²) in [7, 11) is 0. The number of hydrogen-bond donors (Lipinski definition) is 0. The van der Waals surface area contributed by atoms with E-state index in [1.165, 1.54) is 16.7 Å². The summed E-state index contributed by atoms with van der Waals surface area (Å²) in [6, 6.07) is 74.7. The summed E-state index contributed by atoms with van der Waals surface area (Å²) in [5.74, 6) is 0. The second kappa shape index (κ2) is 22.9. The van der Waals surface area contributed by atoms with Gasteiger partial charge in [0.25, 0.3) is 6.71 Å². The molecule has 0 fully saturated rings. The van der Waals surface area contributed by atoms with Crippen molar-refractivity contribution in [1.82, 2.24) is 4.57 Å². The first kappa shape index (κ1) is 53.4. The summed E-state index contributed by atoms with van der Waals surface area (Å²) in [6.45, 7) is 33.8. The minimum Gasteiger partial charge on any atom is -0.310 e. The normalized spacial score (nSPS) is 14.5. The Morgan fingerprint density at radius 3 is 1.05 bits per heavy atom. The third-order valence-electron chi connectivity index (χ3n) is 19.9. The van der Waals surface area contributed by atoms with Gasteiger partial charge in [-0.1, -0.05) is 298 Å². The van der Waals surface area contributed by atoms with Gasteiger partial charge in [0.2, 0.25) is 0 Å². The fourth-order valence-corrected chi connectivity index (χ4v) is 14.5. The molecule has 2 aliphatic rings. The molecular formula is C92H88BN3. The molecule has 3 heterocycles. The van der Waals surface area contributed by atoms with Crippen molar-refractivity contribution in [2.75, 3.05) is 9.80 Å². The van der Waals surface area contributed by atoms with Gasteiger partial charge in [0.15, 0.2) is 0 Å². The van der Waals surface area contributed by atoms with Gasteiger partial charge in [-0.3, -0.25) is 0 Å². The highest BCUT2D eigenvalue weighted by Gasteiger charge is 2.47. The number of para-hydroxylation sites is 2. The Bertz CT molecular complexity index is 5440. The van der Waals surface area contributed by atoms with Crippen molar-refractivity contribution in [2.45, 2.75) is 131 Å². The van der Waals surface area contributed by atoms with Crippen molar-refractivity contribution >= 4 is 79.0 Å². The van der Waals surface area contributed by atoms with Crippen LogP contribution in [0.3, 0.4) is 0 Å². The van der Waals surface area contributed by atoms with Crippen LogP contribution in [0.25, 0.3) is 83.1 Å². The second-order valence-electron chi connectivity index (χ2n) is 31.7. The Labute approximate surface area is 582 Å². The van der Waals surface area contributed by atoms with Crippen molar-refractivity contribution in [3.8, 4) is 61.3 Å². The molecule has 0 saturated heterocycles. The molecule has 0 N–H and O–H groups in total. The maximum Gasteiger partial charge on any atom is 0.252 e. The molecule has 12 aromatic carbocycles. The van der Waals surface area contributed by atoms with Crippen molar-refractivity contribution in [2.24, 2.45) is 0 Å². The van der Waals surface area contributed by atoms with Gasteiger partial charge in [-0.2, -0.15) is 0 Å². The van der Waals surface area contributed by atoms with E-state index in [-0.39, 0.29) is 67.6 Å². The van der Waals surface area contributed by atoms with Crippen LogP contribution in [0, 0.1) is 0 Å². The Balaban J connectivity index is 1.18. The topological polar surface area (TPSA) is 11.4 Å². The highest BCUT2D eigenvalue weighted by molar-refractivity contribution is 7.00. The summed E-state index contributed by atoms with van der Waals surface area (Å²) in [4.78, 5) is 5.08. The van der Waals surface area contributed by atoms with Crippen molar-refractivity contribution in [1.29, 1.82) is 0 Å². The molecule has 0 atom stereocenters. The minimum atomic E-state index is -0.491. The Hall–Kier alpha value is -9.90. The van der Waals surface area contributed by atoms with Crippen LogP contribution < -0.4 is 26.2 Å². The highest BCUT2D eigenvalue weighted by Crippen LogP contribution is 2.56. The third-order valence-corrected chi connectivity index (χ3v) is 19.9. The summed E-state index contributed by atoms with van der Waals surface area (Å²) >= 11 is 0. The standard InChI is InChI=1S/C92H88BN3/c1-88(2,3)65-48-64(49-66(51-65)89(4,5)6)63-44-47-81-78(50-63)93-77-46-45-70(94-79-42-30-28-40-71(79)72-41-29-31-43-80(72)94)58-82(77)96(87-75(61-36-24-18-25-37-61)54-68(91(10,11)12)55-76(87)62-38-26-19-27-39-62)84-57-69(92(13,14)15)56-83(85(84)93)95(81)86-73(59-32-20-16-21-33-59)52-67(90(7,8)9)53-74(86)60-34-22-17-23-35-60/h16-58H,1-15H3/i28D,29D,30D,31D,40D,41D,42D,43D. The van der Waals surface area contributed by atoms with Crippen LogP contribution in [-0.2, 0) is 27.1 Å². The molecule has 0 radical (unpaired) electrons. The van der Waals surface area contributed by atoms with E-state index in [4.69, 9.17) is 2.74 Å². The van der Waals surface area contributed by atoms with Crippen LogP contribution in [0.5, 0.6) is 0 Å². The number of fused-ring (bicyclic) bond motifs is 7. The van der Waals surface area contributed by atoms with Gasteiger partial charge in [0.05, 0.1) is 33.4 Å². The Kier molecular flexibility index (Phi) is 12.7. The van der Waals surface area contributed by atoms with Crippen molar-refractivity contribution in [3.05, 3.63) is 288 Å². The average Bonchev–Trinajstić information content (AvgIpc) is 0.923. The van der Waals surface area contributed by atoms with Crippen LogP contribution in [-0.4, -0.2) is 11.3 Å². The lowest BCUT2D eigenvalue weighted by atomic mass is 9.33. The number of rotatable bonds is 8. The predicted molar refractivity (Wildman–Crippen MR) is 415 cm³/mol. The lowest BCUT2D eigenvalue weighted by Gasteiger charge is -2.47. The summed E-state index contributed by atoms with van der Waals surface area (Å²) in [6.07, 6.45) is 0. The van der Waals surface area contributed by atoms with Crippen molar-refractivity contribution < 1.29 is 11.0 Å². The molecule has 13 aromatic rings. The monoisotopic (exact) mass is 1250 g/mol. The molecule has 3 nitrogen and oxygen atoms in total. The van der Waals surface area contributed by atoms with Crippen molar-refractivity contribution in [3.63, 3.8) is 0 Å². The number of hydrogen-bond acceptors (Lipinski definition) is 2. The molecule has 0 spiro atoms. The van der Waals surface area contributed by atoms with Crippen LogP contribution in [0.15, 0.2) is 261 Å². The van der Waals surface area contributed by atoms with E-state index in [9.17, 15) is 8.22 Å². The van der Waals surface area contributed by atoms with Gasteiger partial charge in [0, 0.05) is 61.5 Å². The lowest BCUT2D eigenvalue weighted by Crippen LogP contribution is -2.61. The number of benzene rings is 12. The van der Waals surface area contributed by atoms with E-state index >= 15 is 0 Å². The maximum atomic E-state index is 9.84. The molecule has 0 aliphatic carbocycles. The smallest absolute Gasteiger partial charge is 0.252 e. The van der Waals surface area contributed by atoms with Gasteiger partial charge >= 0.3 is 0 Å². The summed E-state index contributed by atoms with van der Waals surface area (Å²) in [5.41, 5.74) is 24.4. The third kappa shape index (κ3) is 10.8. The van der Waals surface area contributed by atoms with Gasteiger partial charge in [-0.15, -0.1) is 0 Å². The van der Waals surface area contributed by atoms with E-state index in [2.05, 4.69) is 320 Å². The second-order valence-corrected chi connectivity index (χ2v) is 31.7. The molecule has 2 aliphatic heterocycles. The zero-order valence-corrected chi connectivity index (χ0v) is 58.1. The maximum absolute atomic E-state index is 9.84. The lowest BCUT2D eigenvalue weighted by molar-refractivity contribution is 0.569. The first-order valence-electron chi connectivity index (χ1n) is 37.9. The average molecular weight is 1250 g/mol. The van der Waals surface area contributed by atoms with Crippen LogP contribution in [0.2, 0.25) is 0 Å². The molecule has 0 amide bonds. The van der Waals surface area contributed by atoms with E-state index in [1.54, 1.807) is 4.57 Å². The molecule has 1 aromatic heterocycles. The SMILES string of the molecule is [2H]c1c([2H])c([2H])c2c(c1[2H])c1c([2H])c([2H])c([2H])c([2H])c1n2-c1ccc2c(c1)N(c1c(-c3ccccc3)cc(C(C)(C)C)cc1-c1ccccc1)c1cc(C(C)(C)C)cc3c1B2c1cc(-c2cc(C(C)(C)C)cc(C(C)(C)C)c2)ccc1N3c1c(-c2ccccc2)cc(C(C)(C)C)cc1-c1ccccc1. The first-order valence-corrected chi connectivity index (χ1v) is 33.9. The van der Waals surface area contributed by atoms with E-state index in [1.807, 2.05) is 6.07 Å². The number of nitrogens with zero attached hydrogens (tertiary/aromatic N) is 3. The van der Waals surface area contributed by atoms with Gasteiger partial charge in [0.1, 0.15) is 0 Å². The first-order chi connectivity index (χ1) is 49.1. The molecule has 15 rings (SSSR count). The fraction of sp³-hybridized carbons (Fsp3) is 0.217.